The van der Waals surface area contributed by atoms with Crippen LogP contribution in [0.2, 0.25) is 0 Å². The third kappa shape index (κ3) is 3.42. The zero-order valence-corrected chi connectivity index (χ0v) is 12.4. The van der Waals surface area contributed by atoms with Crippen molar-refractivity contribution in [3.8, 4) is 5.75 Å². The van der Waals surface area contributed by atoms with Gasteiger partial charge in [-0.2, -0.15) is 13.2 Å². The summed E-state index contributed by atoms with van der Waals surface area (Å²) in [5.74, 6) is 0.508. The van der Waals surface area contributed by atoms with Gasteiger partial charge in [0.25, 0.3) is 0 Å². The Morgan fingerprint density at radius 1 is 0.909 bits per heavy atom. The molecule has 0 fully saturated rings. The van der Waals surface area contributed by atoms with Gasteiger partial charge in [-0.15, -0.1) is 0 Å². The first-order valence-corrected chi connectivity index (χ1v) is 6.76. The third-order valence-corrected chi connectivity index (χ3v) is 3.60. The van der Waals surface area contributed by atoms with Gasteiger partial charge in [-0.05, 0) is 30.2 Å². The average Bonchev–Trinajstić information content (AvgIpc) is 2.52. The van der Waals surface area contributed by atoms with Crippen molar-refractivity contribution < 1.29 is 22.6 Å². The predicted octanol–water partition coefficient (Wildman–Crippen LogP) is 4.69. The van der Waals surface area contributed by atoms with Gasteiger partial charge in [0, 0.05) is 7.11 Å². The van der Waals surface area contributed by atoms with Gasteiger partial charge in [0.2, 0.25) is 0 Å². The molecule has 0 heterocycles. The van der Waals surface area contributed by atoms with E-state index in [0.717, 1.165) is 19.6 Å². The molecule has 2 aromatic carbocycles. The highest BCUT2D eigenvalue weighted by Crippen LogP contribution is 2.41. The molecule has 0 spiro atoms. The molecule has 0 N–H and O–H groups in total. The van der Waals surface area contributed by atoms with Crippen molar-refractivity contribution in [2.75, 3.05) is 7.11 Å². The summed E-state index contributed by atoms with van der Waals surface area (Å²) in [6.07, 6.45) is -4.49. The van der Waals surface area contributed by atoms with Gasteiger partial charge in [0.1, 0.15) is 12.4 Å². The van der Waals surface area contributed by atoms with Crippen LogP contribution in [0, 0.1) is 0 Å². The summed E-state index contributed by atoms with van der Waals surface area (Å²) in [7, 11) is 1.05. The molecule has 2 nitrogen and oxygen atoms in total. The maximum absolute atomic E-state index is 13.1. The highest BCUT2D eigenvalue weighted by atomic mass is 19.4. The highest BCUT2D eigenvalue weighted by molar-refractivity contribution is 5.32. The molecule has 0 radical (unpaired) electrons. The van der Waals surface area contributed by atoms with Gasteiger partial charge in [0.15, 0.2) is 5.60 Å². The summed E-state index contributed by atoms with van der Waals surface area (Å²) in [6, 6.07) is 15.3. The molecule has 1 atom stereocenters. The van der Waals surface area contributed by atoms with Gasteiger partial charge in [-0.1, -0.05) is 42.5 Å². The number of hydrogen-bond donors (Lipinski definition) is 0. The van der Waals surface area contributed by atoms with Crippen LogP contribution >= 0.6 is 0 Å². The lowest BCUT2D eigenvalue weighted by Gasteiger charge is -2.31. The van der Waals surface area contributed by atoms with Crippen molar-refractivity contribution >= 4 is 0 Å². The van der Waals surface area contributed by atoms with E-state index in [4.69, 9.17) is 9.47 Å². The van der Waals surface area contributed by atoms with E-state index in [2.05, 4.69) is 0 Å². The minimum Gasteiger partial charge on any atom is -0.489 e. The average molecular weight is 310 g/mol. The zero-order valence-electron chi connectivity index (χ0n) is 12.4. The van der Waals surface area contributed by atoms with Gasteiger partial charge in [-0.25, -0.2) is 0 Å². The van der Waals surface area contributed by atoms with E-state index >= 15 is 0 Å². The first-order valence-electron chi connectivity index (χ1n) is 6.76. The fourth-order valence-electron chi connectivity index (χ4n) is 2.01. The topological polar surface area (TPSA) is 18.5 Å². The van der Waals surface area contributed by atoms with Crippen LogP contribution < -0.4 is 4.74 Å². The molecule has 1 unspecified atom stereocenters. The standard InChI is InChI=1S/C17H17F3O2/c1-16(21-2,17(18,19)20)14-8-10-15(11-9-14)22-12-13-6-4-3-5-7-13/h3-11H,12H2,1-2H3. The summed E-state index contributed by atoms with van der Waals surface area (Å²) in [5, 5.41) is 0. The van der Waals surface area contributed by atoms with Crippen LogP contribution in [-0.4, -0.2) is 13.3 Å². The molecule has 0 amide bonds. The number of alkyl halides is 3. The summed E-state index contributed by atoms with van der Waals surface area (Å²) < 4.78 is 49.6. The second-order valence-electron chi connectivity index (χ2n) is 5.03. The lowest BCUT2D eigenvalue weighted by molar-refractivity contribution is -0.269. The maximum Gasteiger partial charge on any atom is 0.421 e. The molecule has 0 aromatic heterocycles. The summed E-state index contributed by atoms with van der Waals surface area (Å²) in [5.41, 5.74) is -1.30. The van der Waals surface area contributed by atoms with Gasteiger partial charge >= 0.3 is 6.18 Å². The summed E-state index contributed by atoms with van der Waals surface area (Å²) in [4.78, 5) is 0. The highest BCUT2D eigenvalue weighted by Gasteiger charge is 2.53. The molecule has 5 heteroatoms. The number of benzene rings is 2. The van der Waals surface area contributed by atoms with E-state index in [9.17, 15) is 13.2 Å². The van der Waals surface area contributed by atoms with Crippen molar-refractivity contribution in [1.82, 2.24) is 0 Å². The van der Waals surface area contributed by atoms with E-state index in [1.54, 1.807) is 0 Å². The number of halogens is 3. The van der Waals surface area contributed by atoms with E-state index < -0.39 is 11.8 Å². The quantitative estimate of drug-likeness (QED) is 0.797. The van der Waals surface area contributed by atoms with Crippen LogP contribution in [0.25, 0.3) is 0 Å². The Balaban J connectivity index is 2.10. The third-order valence-electron chi connectivity index (χ3n) is 3.60. The van der Waals surface area contributed by atoms with E-state index in [0.29, 0.717) is 12.4 Å². The first kappa shape index (κ1) is 16.4. The molecule has 0 aliphatic heterocycles. The molecule has 0 saturated heterocycles. The van der Waals surface area contributed by atoms with Crippen molar-refractivity contribution in [2.24, 2.45) is 0 Å². The molecule has 0 aliphatic carbocycles. The van der Waals surface area contributed by atoms with Crippen LogP contribution in [0.15, 0.2) is 54.6 Å². The van der Waals surface area contributed by atoms with Crippen LogP contribution in [0.1, 0.15) is 18.1 Å². The smallest absolute Gasteiger partial charge is 0.421 e. The minimum absolute atomic E-state index is 0.0366. The molecule has 118 valence electrons. The Labute approximate surface area is 127 Å². The fraction of sp³-hybridized carbons (Fsp3) is 0.294. The molecule has 2 rings (SSSR count). The SMILES string of the molecule is COC(C)(c1ccc(OCc2ccccc2)cc1)C(F)(F)F. The Bertz CT molecular complexity index is 594. The second-order valence-corrected chi connectivity index (χ2v) is 5.03. The number of rotatable bonds is 5. The summed E-state index contributed by atoms with van der Waals surface area (Å²) in [6.45, 7) is 1.37. The van der Waals surface area contributed by atoms with Crippen LogP contribution in [0.3, 0.4) is 0 Å². The first-order chi connectivity index (χ1) is 10.4. The maximum atomic E-state index is 13.1. The van der Waals surface area contributed by atoms with Crippen molar-refractivity contribution in [1.29, 1.82) is 0 Å². The van der Waals surface area contributed by atoms with Crippen LogP contribution in [0.5, 0.6) is 5.75 Å². The molecule has 22 heavy (non-hydrogen) atoms. The zero-order chi connectivity index (χ0) is 16.2. The van der Waals surface area contributed by atoms with Crippen LogP contribution in [-0.2, 0) is 16.9 Å². The molecular weight excluding hydrogens is 293 g/mol. The van der Waals surface area contributed by atoms with E-state index in [-0.39, 0.29) is 5.56 Å². The van der Waals surface area contributed by atoms with Crippen LogP contribution in [0.4, 0.5) is 13.2 Å². The van der Waals surface area contributed by atoms with Gasteiger partial charge in [-0.3, -0.25) is 0 Å². The fourth-order valence-corrected chi connectivity index (χ4v) is 2.01. The Morgan fingerprint density at radius 2 is 1.50 bits per heavy atom. The van der Waals surface area contributed by atoms with Gasteiger partial charge in [0.05, 0.1) is 0 Å². The predicted molar refractivity (Wildman–Crippen MR) is 77.6 cm³/mol. The second kappa shape index (κ2) is 6.40. The Kier molecular flexibility index (Phi) is 4.76. The number of hydrogen-bond acceptors (Lipinski definition) is 2. The molecular formula is C17H17F3O2. The van der Waals surface area contributed by atoms with Crippen molar-refractivity contribution in [3.63, 3.8) is 0 Å². The molecule has 0 saturated carbocycles. The lowest BCUT2D eigenvalue weighted by Crippen LogP contribution is -2.41. The minimum atomic E-state index is -4.49. The summed E-state index contributed by atoms with van der Waals surface area (Å²) >= 11 is 0. The molecule has 2 aromatic rings. The Hall–Kier alpha value is -2.01. The number of ether oxygens (including phenoxy) is 2. The normalized spacial score (nSPS) is 14.4. The lowest BCUT2D eigenvalue weighted by atomic mass is 9.95. The van der Waals surface area contributed by atoms with Gasteiger partial charge < -0.3 is 9.47 Å². The monoisotopic (exact) mass is 310 g/mol. The number of methoxy groups -OCH3 is 1. The van der Waals surface area contributed by atoms with Crippen molar-refractivity contribution in [2.45, 2.75) is 25.3 Å². The van der Waals surface area contributed by atoms with Crippen molar-refractivity contribution in [3.05, 3.63) is 65.7 Å². The largest absolute Gasteiger partial charge is 0.489 e. The van der Waals surface area contributed by atoms with E-state index in [1.807, 2.05) is 30.3 Å². The van der Waals surface area contributed by atoms with E-state index in [1.165, 1.54) is 24.3 Å². The molecule has 0 aliphatic rings. The Morgan fingerprint density at radius 3 is 2.00 bits per heavy atom. The molecule has 0 bridgehead atoms.